The maximum absolute atomic E-state index is 14.7. The molecule has 2 saturated heterocycles. The van der Waals surface area contributed by atoms with Gasteiger partial charge in [0.2, 0.25) is 11.8 Å². The Morgan fingerprint density at radius 3 is 1.65 bits per heavy atom. The van der Waals surface area contributed by atoms with Gasteiger partial charge >= 0.3 is 12.2 Å². The van der Waals surface area contributed by atoms with Crippen molar-refractivity contribution in [2.24, 2.45) is 17.8 Å². The van der Waals surface area contributed by atoms with E-state index in [1.165, 1.54) is 13.3 Å². The number of alkyl carbamates (subject to hydrolysis) is 2. The number of nitriles is 1. The van der Waals surface area contributed by atoms with Crippen LogP contribution in [-0.2, 0) is 19.1 Å². The van der Waals surface area contributed by atoms with E-state index in [9.17, 15) is 33.2 Å². The largest absolute Gasteiger partial charge is 0.453 e. The molecule has 0 radical (unpaired) electrons. The molecule has 2 aliphatic heterocycles. The Labute approximate surface area is 346 Å². The van der Waals surface area contributed by atoms with Gasteiger partial charge in [0.15, 0.2) is 0 Å². The molecule has 5 unspecified atom stereocenters. The lowest BCUT2D eigenvalue weighted by Gasteiger charge is -2.29. The predicted molar refractivity (Wildman–Crippen MR) is 215 cm³/mol. The first-order valence-corrected chi connectivity index (χ1v) is 19.5. The number of imidazole rings is 2. The number of aromatic nitrogens is 4. The van der Waals surface area contributed by atoms with Gasteiger partial charge in [0, 0.05) is 24.1 Å². The van der Waals surface area contributed by atoms with Crippen LogP contribution >= 0.6 is 0 Å². The van der Waals surface area contributed by atoms with Crippen LogP contribution in [0.2, 0.25) is 0 Å². The number of nitrogens with zero attached hydrogens (tertiary/aromatic N) is 5. The molecule has 4 N–H and O–H groups in total. The molecule has 60 heavy (non-hydrogen) atoms. The number of alkyl halides is 2. The summed E-state index contributed by atoms with van der Waals surface area (Å²) in [5.41, 5.74) is 4.37. The number of carbonyl (C=O) groups is 4. The number of nitrogens with one attached hydrogen (secondary N) is 4. The molecule has 6 rings (SSSR count). The molecule has 2 fully saturated rings. The third-order valence-corrected chi connectivity index (χ3v) is 10.7. The highest BCUT2D eigenvalue weighted by molar-refractivity contribution is 5.87. The predicted octanol–water partition coefficient (Wildman–Crippen LogP) is 5.95. The Balaban J connectivity index is 1.11. The van der Waals surface area contributed by atoms with E-state index in [1.54, 1.807) is 24.9 Å². The van der Waals surface area contributed by atoms with Gasteiger partial charge in [0.05, 0.1) is 68.6 Å². The van der Waals surface area contributed by atoms with Gasteiger partial charge in [-0.3, -0.25) is 9.59 Å². The van der Waals surface area contributed by atoms with Crippen molar-refractivity contribution in [3.63, 3.8) is 0 Å². The third kappa shape index (κ3) is 9.58. The number of carbonyl (C=O) groups excluding carboxylic acids is 4. The SMILES string of the molecule is COC(=O)NC(C(=O)N1CC(C#N)CC1c1ncc(-c2ccc(C#Cc3ccc(-c4cnc(C5CC(F)(F)CN5C(=O)C(NC(=O)OC)C(C)C)[nH]4)cc3)cc2)[nH]1)C(C)C. The molecule has 0 aliphatic carbocycles. The zero-order valence-corrected chi connectivity index (χ0v) is 34.1. The zero-order chi connectivity index (χ0) is 43.3. The Bertz CT molecular complexity index is 2310. The first-order valence-electron chi connectivity index (χ1n) is 19.5. The van der Waals surface area contributed by atoms with E-state index in [0.29, 0.717) is 17.9 Å². The fourth-order valence-corrected chi connectivity index (χ4v) is 7.40. The van der Waals surface area contributed by atoms with Crippen LogP contribution in [0.5, 0.6) is 0 Å². The Kier molecular flexibility index (Phi) is 12.9. The molecule has 0 bridgehead atoms. The van der Waals surface area contributed by atoms with Crippen molar-refractivity contribution in [3.05, 3.63) is 83.7 Å². The summed E-state index contributed by atoms with van der Waals surface area (Å²) in [6.45, 7) is 6.48. The summed E-state index contributed by atoms with van der Waals surface area (Å²) in [4.78, 5) is 69.0. The molecule has 15 nitrogen and oxygen atoms in total. The van der Waals surface area contributed by atoms with E-state index >= 15 is 0 Å². The van der Waals surface area contributed by atoms with Gasteiger partial charge in [-0.25, -0.2) is 28.3 Å². The van der Waals surface area contributed by atoms with Crippen molar-refractivity contribution >= 4 is 24.0 Å². The molecule has 0 spiro atoms. The van der Waals surface area contributed by atoms with Gasteiger partial charge < -0.3 is 39.9 Å². The van der Waals surface area contributed by atoms with Crippen molar-refractivity contribution < 1.29 is 37.4 Å². The fraction of sp³-hybridized carbons (Fsp3) is 0.419. The van der Waals surface area contributed by atoms with Gasteiger partial charge in [-0.1, -0.05) is 63.8 Å². The number of aromatic amines is 2. The van der Waals surface area contributed by atoms with Crippen LogP contribution < -0.4 is 10.6 Å². The average Bonchev–Trinajstić information content (AvgIpc) is 4.06. The van der Waals surface area contributed by atoms with E-state index in [2.05, 4.69) is 53.2 Å². The van der Waals surface area contributed by atoms with Crippen molar-refractivity contribution in [3.8, 4) is 40.4 Å². The number of methoxy groups -OCH3 is 2. The van der Waals surface area contributed by atoms with Gasteiger partial charge in [-0.05, 0) is 53.6 Å². The molecule has 5 atom stereocenters. The van der Waals surface area contributed by atoms with Crippen LogP contribution in [0, 0.1) is 40.9 Å². The Morgan fingerprint density at radius 2 is 1.22 bits per heavy atom. The number of hydrogen-bond donors (Lipinski definition) is 4. The summed E-state index contributed by atoms with van der Waals surface area (Å²) in [7, 11) is 2.40. The number of likely N-dealkylation sites (tertiary alicyclic amines) is 2. The third-order valence-electron chi connectivity index (χ3n) is 10.7. The average molecular weight is 824 g/mol. The normalized spacial score (nSPS) is 19.2. The summed E-state index contributed by atoms with van der Waals surface area (Å²) in [5, 5.41) is 14.8. The standard InChI is InChI=1S/C43H47F2N9O6/c1-24(2)35(51-41(57)59-5)39(55)53-22-28(19-46)17-33(53)37-47-20-31(49-37)29-13-9-26(10-14-29)7-8-27-11-15-30(16-12-27)32-21-48-38(50-32)34-18-43(44,45)23-54(34)40(56)36(25(3)4)52-42(58)60-6/h9-16,20-21,24-25,28,33-36H,17-18,22-23H2,1-6H3,(H,47,49)(H,48,50)(H,51,57)(H,52,58). The van der Waals surface area contributed by atoms with Gasteiger partial charge in [-0.2, -0.15) is 5.26 Å². The lowest BCUT2D eigenvalue weighted by atomic mass is 10.0. The maximum Gasteiger partial charge on any atom is 0.407 e. The van der Waals surface area contributed by atoms with E-state index in [-0.39, 0.29) is 30.1 Å². The molecule has 2 aromatic carbocycles. The quantitative estimate of drug-likeness (QED) is 0.140. The van der Waals surface area contributed by atoms with Crippen LogP contribution in [0.1, 0.15) is 75.4 Å². The van der Waals surface area contributed by atoms with Crippen molar-refractivity contribution in [2.75, 3.05) is 27.3 Å². The summed E-state index contributed by atoms with van der Waals surface area (Å²) in [5.74, 6) is 1.97. The second kappa shape index (κ2) is 18.0. The van der Waals surface area contributed by atoms with Crippen LogP contribution in [0.15, 0.2) is 60.9 Å². The van der Waals surface area contributed by atoms with E-state index in [4.69, 9.17) is 4.74 Å². The van der Waals surface area contributed by atoms with E-state index in [0.717, 1.165) is 40.0 Å². The second-order valence-electron chi connectivity index (χ2n) is 15.6. The van der Waals surface area contributed by atoms with Crippen LogP contribution in [0.3, 0.4) is 0 Å². The van der Waals surface area contributed by atoms with Crippen LogP contribution in [0.25, 0.3) is 22.5 Å². The summed E-state index contributed by atoms with van der Waals surface area (Å²) in [6, 6.07) is 13.7. The Morgan fingerprint density at radius 1 is 0.767 bits per heavy atom. The monoisotopic (exact) mass is 823 g/mol. The van der Waals surface area contributed by atoms with E-state index < -0.39 is 67.1 Å². The Hall–Kier alpha value is -6.75. The van der Waals surface area contributed by atoms with Crippen LogP contribution in [-0.4, -0.2) is 99.1 Å². The molecule has 4 amide bonds. The molecule has 4 heterocycles. The number of rotatable bonds is 10. The second-order valence-corrected chi connectivity index (χ2v) is 15.6. The first-order chi connectivity index (χ1) is 28.6. The lowest BCUT2D eigenvalue weighted by molar-refractivity contribution is -0.137. The van der Waals surface area contributed by atoms with Crippen molar-refractivity contribution in [1.29, 1.82) is 5.26 Å². The topological polar surface area (TPSA) is 198 Å². The van der Waals surface area contributed by atoms with Gasteiger partial charge in [0.1, 0.15) is 23.7 Å². The number of amides is 4. The summed E-state index contributed by atoms with van der Waals surface area (Å²) >= 11 is 0. The summed E-state index contributed by atoms with van der Waals surface area (Å²) < 4.78 is 38.8. The molecule has 0 saturated carbocycles. The minimum Gasteiger partial charge on any atom is -0.453 e. The highest BCUT2D eigenvalue weighted by Gasteiger charge is 2.50. The highest BCUT2D eigenvalue weighted by Crippen LogP contribution is 2.41. The minimum absolute atomic E-state index is 0.211. The van der Waals surface area contributed by atoms with Crippen molar-refractivity contribution in [2.45, 2.75) is 70.6 Å². The number of H-pyrrole nitrogens is 2. The smallest absolute Gasteiger partial charge is 0.407 e. The highest BCUT2D eigenvalue weighted by atomic mass is 19.3. The number of ether oxygens (including phenoxy) is 2. The number of halogens is 2. The molecule has 4 aromatic rings. The van der Waals surface area contributed by atoms with Crippen LogP contribution in [0.4, 0.5) is 18.4 Å². The molecule has 2 aliphatic rings. The molecule has 17 heteroatoms. The minimum atomic E-state index is -3.14. The molecule has 2 aromatic heterocycles. The summed E-state index contributed by atoms with van der Waals surface area (Å²) in [6.07, 6.45) is 1.46. The molecular formula is C43H47F2N9O6. The van der Waals surface area contributed by atoms with E-state index in [1.807, 2.05) is 62.4 Å². The number of benzene rings is 2. The fourth-order valence-electron chi connectivity index (χ4n) is 7.40. The van der Waals surface area contributed by atoms with Gasteiger partial charge in [-0.15, -0.1) is 0 Å². The molecular weight excluding hydrogens is 777 g/mol. The van der Waals surface area contributed by atoms with Gasteiger partial charge in [0.25, 0.3) is 5.92 Å². The molecule has 314 valence electrons. The first kappa shape index (κ1) is 42.8. The lowest BCUT2D eigenvalue weighted by Crippen LogP contribution is -2.51. The zero-order valence-electron chi connectivity index (χ0n) is 34.1. The maximum atomic E-state index is 14.7. The number of hydrogen-bond acceptors (Lipinski definition) is 9. The van der Waals surface area contributed by atoms with Crippen molar-refractivity contribution in [1.82, 2.24) is 40.4 Å².